The summed E-state index contributed by atoms with van der Waals surface area (Å²) in [6, 6.07) is 11.7. The van der Waals surface area contributed by atoms with Gasteiger partial charge in [-0.25, -0.2) is 4.98 Å². The molecule has 194 valence electrons. The van der Waals surface area contributed by atoms with Crippen LogP contribution in [0.1, 0.15) is 51.3 Å². The molecule has 3 heterocycles. The highest BCUT2D eigenvalue weighted by atomic mass is 16.5. The van der Waals surface area contributed by atoms with E-state index in [1.54, 1.807) is 6.20 Å². The third kappa shape index (κ3) is 5.36. The lowest BCUT2D eigenvalue weighted by atomic mass is 10.1. The second kappa shape index (κ2) is 11.1. The maximum atomic E-state index is 13.7. The van der Waals surface area contributed by atoms with Crippen molar-refractivity contribution in [2.45, 2.75) is 52.5 Å². The molecule has 0 radical (unpaired) electrons. The Morgan fingerprint density at radius 1 is 1.11 bits per heavy atom. The van der Waals surface area contributed by atoms with Crippen LogP contribution in [-0.2, 0) is 0 Å². The number of aryl methyl sites for hydroxylation is 1. The zero-order valence-corrected chi connectivity index (χ0v) is 21.8. The van der Waals surface area contributed by atoms with Crippen molar-refractivity contribution in [3.63, 3.8) is 0 Å². The number of aromatic nitrogens is 5. The summed E-state index contributed by atoms with van der Waals surface area (Å²) < 4.78 is 7.78. The van der Waals surface area contributed by atoms with E-state index >= 15 is 0 Å². The number of anilines is 2. The normalized spacial score (nSPS) is 14.1. The van der Waals surface area contributed by atoms with Crippen molar-refractivity contribution in [2.75, 3.05) is 31.6 Å². The number of likely N-dealkylation sites (N-methyl/N-ethyl adjacent to an activating group) is 1. The second-order valence-electron chi connectivity index (χ2n) is 9.54. The Bertz CT molecular complexity index is 1390. The van der Waals surface area contributed by atoms with Gasteiger partial charge in [0.05, 0.1) is 17.0 Å². The van der Waals surface area contributed by atoms with E-state index in [1.165, 1.54) is 0 Å². The molecule has 9 heteroatoms. The number of fused-ring (bicyclic) bond motifs is 1. The van der Waals surface area contributed by atoms with Gasteiger partial charge in [-0.3, -0.25) is 14.5 Å². The van der Waals surface area contributed by atoms with Crippen LogP contribution in [0.25, 0.3) is 22.3 Å². The zero-order valence-electron chi connectivity index (χ0n) is 21.8. The number of hydrogen-bond acceptors (Lipinski definition) is 7. The van der Waals surface area contributed by atoms with Crippen LogP contribution >= 0.6 is 0 Å². The summed E-state index contributed by atoms with van der Waals surface area (Å²) in [6.07, 6.45) is 5.85. The summed E-state index contributed by atoms with van der Waals surface area (Å²) in [5.74, 6) is 1.30. The van der Waals surface area contributed by atoms with Crippen LogP contribution in [0.2, 0.25) is 0 Å². The topological polar surface area (TPSA) is 101 Å². The third-order valence-corrected chi connectivity index (χ3v) is 7.24. The average molecular weight is 502 g/mol. The van der Waals surface area contributed by atoms with Gasteiger partial charge in [-0.15, -0.1) is 0 Å². The fourth-order valence-corrected chi connectivity index (χ4v) is 5.10. The summed E-state index contributed by atoms with van der Waals surface area (Å²) in [5, 5.41) is 11.2. The molecule has 0 saturated heterocycles. The van der Waals surface area contributed by atoms with Gasteiger partial charge in [0.1, 0.15) is 18.0 Å². The maximum absolute atomic E-state index is 13.7. The fraction of sp³-hybridized carbons (Fsp3) is 0.429. The number of H-pyrrole nitrogens is 1. The van der Waals surface area contributed by atoms with Crippen molar-refractivity contribution in [3.05, 3.63) is 58.6 Å². The van der Waals surface area contributed by atoms with Gasteiger partial charge >= 0.3 is 0 Å². The van der Waals surface area contributed by atoms with Crippen molar-refractivity contribution in [2.24, 2.45) is 0 Å². The predicted octanol–water partition coefficient (Wildman–Crippen LogP) is 5.07. The van der Waals surface area contributed by atoms with Crippen LogP contribution in [0.15, 0.2) is 47.4 Å². The number of nitrogens with zero attached hydrogens (tertiary/aromatic N) is 5. The van der Waals surface area contributed by atoms with E-state index in [-0.39, 0.29) is 11.6 Å². The van der Waals surface area contributed by atoms with Gasteiger partial charge in [0, 0.05) is 29.9 Å². The molecule has 0 bridgehead atoms. The van der Waals surface area contributed by atoms with Crippen molar-refractivity contribution in [1.29, 1.82) is 0 Å². The smallest absolute Gasteiger partial charge is 0.261 e. The van der Waals surface area contributed by atoms with Crippen molar-refractivity contribution in [3.8, 4) is 17.0 Å². The van der Waals surface area contributed by atoms with Crippen molar-refractivity contribution >= 4 is 22.7 Å². The summed E-state index contributed by atoms with van der Waals surface area (Å²) in [5.41, 5.74) is 3.61. The zero-order chi connectivity index (χ0) is 25.8. The number of benzene rings is 1. The lowest BCUT2D eigenvalue weighted by Crippen LogP contribution is -2.27. The van der Waals surface area contributed by atoms with E-state index in [2.05, 4.69) is 34.3 Å². The van der Waals surface area contributed by atoms with Gasteiger partial charge in [-0.2, -0.15) is 10.1 Å². The summed E-state index contributed by atoms with van der Waals surface area (Å²) >= 11 is 0. The number of nitrogens with one attached hydrogen (secondary N) is 2. The molecular weight excluding hydrogens is 466 g/mol. The molecule has 4 aromatic rings. The quantitative estimate of drug-likeness (QED) is 0.313. The highest BCUT2D eigenvalue weighted by molar-refractivity contribution is 5.84. The minimum Gasteiger partial charge on any atom is -0.492 e. The number of rotatable bonds is 10. The predicted molar refractivity (Wildman–Crippen MR) is 147 cm³/mol. The van der Waals surface area contributed by atoms with Crippen LogP contribution in [0.5, 0.6) is 5.75 Å². The molecule has 1 fully saturated rings. The lowest BCUT2D eigenvalue weighted by molar-refractivity contribution is 0.223. The van der Waals surface area contributed by atoms with Gasteiger partial charge in [0.15, 0.2) is 0 Å². The monoisotopic (exact) mass is 501 g/mol. The first-order chi connectivity index (χ1) is 18.1. The van der Waals surface area contributed by atoms with E-state index in [1.807, 2.05) is 47.9 Å². The summed E-state index contributed by atoms with van der Waals surface area (Å²) in [6.45, 7) is 9.88. The molecule has 1 aromatic carbocycles. The molecule has 0 aliphatic heterocycles. The van der Waals surface area contributed by atoms with Gasteiger partial charge in [0.25, 0.3) is 5.56 Å². The van der Waals surface area contributed by atoms with E-state index in [0.717, 1.165) is 67.8 Å². The third-order valence-electron chi connectivity index (χ3n) is 7.24. The first kappa shape index (κ1) is 25.0. The van der Waals surface area contributed by atoms with Crippen LogP contribution in [0.4, 0.5) is 11.6 Å². The second-order valence-corrected chi connectivity index (χ2v) is 9.54. The molecule has 0 atom stereocenters. The molecule has 5 rings (SSSR count). The Labute approximate surface area is 216 Å². The van der Waals surface area contributed by atoms with Gasteiger partial charge in [0.2, 0.25) is 5.95 Å². The SMILES string of the molecule is CCN(CC)CCOc1ccc(Nc2nc(C)c3cc(-c4ccn[nH]4)c(=O)n(C4CCCC4)c3n2)cc1. The van der Waals surface area contributed by atoms with Crippen LogP contribution < -0.4 is 15.6 Å². The Kier molecular flexibility index (Phi) is 7.50. The molecule has 0 amide bonds. The average Bonchev–Trinajstić information content (AvgIpc) is 3.62. The van der Waals surface area contributed by atoms with E-state index in [4.69, 9.17) is 14.7 Å². The maximum Gasteiger partial charge on any atom is 0.261 e. The highest BCUT2D eigenvalue weighted by Gasteiger charge is 2.24. The Morgan fingerprint density at radius 3 is 2.54 bits per heavy atom. The number of ether oxygens (including phenoxy) is 1. The Morgan fingerprint density at radius 2 is 1.86 bits per heavy atom. The molecule has 1 aliphatic carbocycles. The van der Waals surface area contributed by atoms with Crippen LogP contribution in [0, 0.1) is 6.92 Å². The number of aromatic amines is 1. The fourth-order valence-electron chi connectivity index (χ4n) is 5.10. The van der Waals surface area contributed by atoms with E-state index in [9.17, 15) is 4.79 Å². The summed E-state index contributed by atoms with van der Waals surface area (Å²) in [4.78, 5) is 25.6. The molecule has 2 N–H and O–H groups in total. The molecule has 0 unspecified atom stereocenters. The van der Waals surface area contributed by atoms with Gasteiger partial charge < -0.3 is 15.0 Å². The molecule has 1 aliphatic rings. The van der Waals surface area contributed by atoms with E-state index < -0.39 is 0 Å². The molecule has 1 saturated carbocycles. The minimum atomic E-state index is -0.0427. The molecular formula is C28H35N7O2. The largest absolute Gasteiger partial charge is 0.492 e. The summed E-state index contributed by atoms with van der Waals surface area (Å²) in [7, 11) is 0. The minimum absolute atomic E-state index is 0.0427. The van der Waals surface area contributed by atoms with E-state index in [0.29, 0.717) is 29.5 Å². The van der Waals surface area contributed by atoms with Crippen LogP contribution in [0.3, 0.4) is 0 Å². The Hall–Kier alpha value is -3.72. The van der Waals surface area contributed by atoms with Crippen molar-refractivity contribution in [1.82, 2.24) is 29.6 Å². The van der Waals surface area contributed by atoms with Gasteiger partial charge in [-0.1, -0.05) is 26.7 Å². The standard InChI is InChI=1S/C28H35N7O2/c1-4-34(5-2)16-17-37-22-12-10-20(11-13-22)31-28-30-19(3)23-18-24(25-14-15-29-33-25)27(36)35(26(23)32-28)21-8-6-7-9-21/h10-15,18,21H,4-9,16-17H2,1-3H3,(H,29,33)(H,30,31,32). The van der Waals surface area contributed by atoms with Gasteiger partial charge in [-0.05, 0) is 69.3 Å². The number of pyridine rings is 1. The van der Waals surface area contributed by atoms with Crippen molar-refractivity contribution < 1.29 is 4.74 Å². The number of hydrogen-bond donors (Lipinski definition) is 2. The molecule has 3 aromatic heterocycles. The first-order valence-corrected chi connectivity index (χ1v) is 13.2. The van der Waals surface area contributed by atoms with Crippen LogP contribution in [-0.4, -0.2) is 55.9 Å². The first-order valence-electron chi connectivity index (χ1n) is 13.2. The molecule has 0 spiro atoms. The lowest BCUT2D eigenvalue weighted by Gasteiger charge is -2.19. The molecule has 9 nitrogen and oxygen atoms in total. The highest BCUT2D eigenvalue weighted by Crippen LogP contribution is 2.32. The Balaban J connectivity index is 1.43. The molecule has 37 heavy (non-hydrogen) atoms.